The maximum Gasteiger partial charge on any atom is 0.261 e. The number of hydrogen-bond donors (Lipinski definition) is 3. The highest BCUT2D eigenvalue weighted by Gasteiger charge is 2.22. The van der Waals surface area contributed by atoms with Gasteiger partial charge in [-0.2, -0.15) is 0 Å². The van der Waals surface area contributed by atoms with E-state index in [1.54, 1.807) is 46.8 Å². The number of amides is 1. The van der Waals surface area contributed by atoms with Gasteiger partial charge in [-0.1, -0.05) is 25.4 Å². The molecule has 1 heterocycles. The van der Waals surface area contributed by atoms with E-state index in [1.165, 1.54) is 10.9 Å². The van der Waals surface area contributed by atoms with E-state index in [9.17, 15) is 18.7 Å². The molecule has 0 aliphatic carbocycles. The number of benzene rings is 2. The van der Waals surface area contributed by atoms with Crippen LogP contribution in [0.4, 0.5) is 5.69 Å². The Labute approximate surface area is 180 Å². The second kappa shape index (κ2) is 9.15. The summed E-state index contributed by atoms with van der Waals surface area (Å²) in [5.41, 5.74) is 0.606. The lowest BCUT2D eigenvalue weighted by atomic mass is 10.2. The third kappa shape index (κ3) is 4.66. The second-order valence-corrected chi connectivity index (χ2v) is 9.01. The third-order valence-electron chi connectivity index (χ3n) is 4.62. The minimum absolute atomic E-state index is 0.208. The zero-order valence-corrected chi connectivity index (χ0v) is 18.2. The normalized spacial score (nSPS) is 12.3. The van der Waals surface area contributed by atoms with Crippen molar-refractivity contribution in [1.82, 2.24) is 13.9 Å². The van der Waals surface area contributed by atoms with Crippen LogP contribution in [0.1, 0.15) is 13.8 Å². The van der Waals surface area contributed by atoms with Crippen molar-refractivity contribution in [2.24, 2.45) is 0 Å². The van der Waals surface area contributed by atoms with E-state index in [0.717, 1.165) is 0 Å². The minimum atomic E-state index is -3.07. The number of hydrogen-bond acceptors (Lipinski definition) is 6. The van der Waals surface area contributed by atoms with Crippen LogP contribution in [0.5, 0.6) is 0 Å². The SMILES string of the molecule is CCN(CC)S(O)(O)c1ccc(NC(=O)Cn2cnc3cc(Cl)ccc3c2=O)cc1. The molecule has 30 heavy (non-hydrogen) atoms. The predicted octanol–water partition coefficient (Wildman–Crippen LogP) is 4.05. The Morgan fingerprint density at radius 1 is 1.17 bits per heavy atom. The van der Waals surface area contributed by atoms with Crippen LogP contribution < -0.4 is 10.9 Å². The summed E-state index contributed by atoms with van der Waals surface area (Å²) in [5.74, 6) is -0.407. The van der Waals surface area contributed by atoms with Crippen molar-refractivity contribution < 1.29 is 13.9 Å². The topological polar surface area (TPSA) is 108 Å². The Balaban J connectivity index is 1.72. The Hall–Kier alpha value is -2.43. The average Bonchev–Trinajstić information content (AvgIpc) is 2.71. The molecule has 0 unspecified atom stereocenters. The van der Waals surface area contributed by atoms with Crippen molar-refractivity contribution >= 4 is 44.9 Å². The van der Waals surface area contributed by atoms with Crippen LogP contribution in [0.25, 0.3) is 10.9 Å². The van der Waals surface area contributed by atoms with Crippen LogP contribution in [0, 0.1) is 0 Å². The highest BCUT2D eigenvalue weighted by Crippen LogP contribution is 2.51. The smallest absolute Gasteiger partial charge is 0.261 e. The summed E-state index contributed by atoms with van der Waals surface area (Å²) in [6.07, 6.45) is 1.31. The van der Waals surface area contributed by atoms with Gasteiger partial charge in [0, 0.05) is 23.8 Å². The maximum atomic E-state index is 12.5. The van der Waals surface area contributed by atoms with Gasteiger partial charge >= 0.3 is 0 Å². The van der Waals surface area contributed by atoms with Crippen molar-refractivity contribution in [3.63, 3.8) is 0 Å². The molecule has 0 fully saturated rings. The molecule has 8 nitrogen and oxygen atoms in total. The second-order valence-electron chi connectivity index (χ2n) is 6.54. The van der Waals surface area contributed by atoms with Crippen LogP contribution in [0.3, 0.4) is 0 Å². The van der Waals surface area contributed by atoms with Gasteiger partial charge in [0.05, 0.1) is 22.1 Å². The first kappa shape index (κ1) is 22.3. The Kier molecular flexibility index (Phi) is 6.79. The van der Waals surface area contributed by atoms with Crippen LogP contribution in [-0.2, 0) is 11.3 Å². The molecule has 1 aromatic heterocycles. The molecule has 3 N–H and O–H groups in total. The first-order valence-corrected chi connectivity index (χ1v) is 11.2. The Bertz CT molecular complexity index is 1110. The number of carbonyl (C=O) groups is 1. The standard InChI is InChI=1S/C20H23ClN4O4S/c1-3-25(4-2)30(28,29)16-8-6-15(7-9-16)23-19(26)12-24-13-22-18-11-14(21)5-10-17(18)20(24)27/h5-11,13,28-29H,3-4,12H2,1-2H3,(H,23,26). The van der Waals surface area contributed by atoms with Gasteiger partial charge < -0.3 is 5.32 Å². The lowest BCUT2D eigenvalue weighted by Gasteiger charge is -2.41. The number of carbonyl (C=O) groups excluding carboxylic acids is 1. The number of nitrogens with one attached hydrogen (secondary N) is 1. The molecule has 0 radical (unpaired) electrons. The Morgan fingerprint density at radius 2 is 1.83 bits per heavy atom. The maximum absolute atomic E-state index is 12.5. The summed E-state index contributed by atoms with van der Waals surface area (Å²) in [4.78, 5) is 29.5. The van der Waals surface area contributed by atoms with Gasteiger partial charge in [0.15, 0.2) is 0 Å². The fourth-order valence-electron chi connectivity index (χ4n) is 3.05. The molecule has 2 aromatic carbocycles. The van der Waals surface area contributed by atoms with Crippen molar-refractivity contribution in [3.8, 4) is 0 Å². The van der Waals surface area contributed by atoms with Crippen molar-refractivity contribution in [2.75, 3.05) is 18.4 Å². The fraction of sp³-hybridized carbons (Fsp3) is 0.250. The zero-order valence-electron chi connectivity index (χ0n) is 16.6. The quantitative estimate of drug-likeness (QED) is 0.501. The molecule has 0 aliphatic heterocycles. The molecule has 160 valence electrons. The molecule has 0 atom stereocenters. The van der Waals surface area contributed by atoms with Gasteiger partial charge in [-0.05, 0) is 42.5 Å². The zero-order chi connectivity index (χ0) is 21.9. The molecule has 3 rings (SSSR count). The average molecular weight is 451 g/mol. The molecule has 3 aromatic rings. The molecule has 0 bridgehead atoms. The van der Waals surface area contributed by atoms with Crippen molar-refractivity contribution in [3.05, 3.63) is 64.2 Å². The van der Waals surface area contributed by atoms with Crippen molar-refractivity contribution in [1.29, 1.82) is 0 Å². The first-order chi connectivity index (χ1) is 14.3. The van der Waals surface area contributed by atoms with Gasteiger partial charge in [0.25, 0.3) is 5.56 Å². The molecular formula is C20H23ClN4O4S. The summed E-state index contributed by atoms with van der Waals surface area (Å²) in [7, 11) is -3.07. The van der Waals surface area contributed by atoms with Crippen molar-refractivity contribution in [2.45, 2.75) is 25.3 Å². The van der Waals surface area contributed by atoms with E-state index in [4.69, 9.17) is 11.6 Å². The number of anilines is 1. The molecule has 0 saturated carbocycles. The number of aromatic nitrogens is 2. The minimum Gasteiger partial charge on any atom is -0.325 e. The summed E-state index contributed by atoms with van der Waals surface area (Å²) < 4.78 is 23.7. The fourth-order valence-corrected chi connectivity index (χ4v) is 4.74. The number of halogens is 1. The van der Waals surface area contributed by atoms with Gasteiger partial charge in [-0.3, -0.25) is 23.3 Å². The first-order valence-electron chi connectivity index (χ1n) is 9.34. The van der Waals surface area contributed by atoms with E-state index < -0.39 is 16.7 Å². The van der Waals surface area contributed by atoms with E-state index >= 15 is 0 Å². The van der Waals surface area contributed by atoms with Gasteiger partial charge in [0.1, 0.15) is 6.54 Å². The molecule has 0 aliphatic rings. The van der Waals surface area contributed by atoms with Gasteiger partial charge in [-0.15, -0.1) is 10.8 Å². The summed E-state index contributed by atoms with van der Waals surface area (Å²) in [6.45, 7) is 4.49. The summed E-state index contributed by atoms with van der Waals surface area (Å²) in [6, 6.07) is 11.1. The monoisotopic (exact) mass is 450 g/mol. The summed E-state index contributed by atoms with van der Waals surface area (Å²) in [5, 5.41) is 3.55. The molecule has 0 saturated heterocycles. The van der Waals surface area contributed by atoms with E-state index in [2.05, 4.69) is 10.3 Å². The largest absolute Gasteiger partial charge is 0.325 e. The predicted molar refractivity (Wildman–Crippen MR) is 120 cm³/mol. The molecule has 0 spiro atoms. The summed E-state index contributed by atoms with van der Waals surface area (Å²) >= 11 is 5.91. The van der Waals surface area contributed by atoms with Crippen LogP contribution in [0.2, 0.25) is 5.02 Å². The lowest BCUT2D eigenvalue weighted by Crippen LogP contribution is -2.28. The van der Waals surface area contributed by atoms with Crippen LogP contribution in [-0.4, -0.2) is 42.0 Å². The highest BCUT2D eigenvalue weighted by molar-refractivity contribution is 8.22. The van der Waals surface area contributed by atoms with Gasteiger partial charge in [0.2, 0.25) is 5.91 Å². The number of nitrogens with zero attached hydrogens (tertiary/aromatic N) is 3. The Morgan fingerprint density at radius 3 is 2.47 bits per heavy atom. The number of fused-ring (bicyclic) bond motifs is 1. The molecule has 10 heteroatoms. The van der Waals surface area contributed by atoms with Crippen LogP contribution >= 0.6 is 22.4 Å². The highest BCUT2D eigenvalue weighted by atomic mass is 35.5. The van der Waals surface area contributed by atoms with Crippen LogP contribution in [0.15, 0.2) is 58.5 Å². The molecular weight excluding hydrogens is 428 g/mol. The lowest BCUT2D eigenvalue weighted by molar-refractivity contribution is -0.116. The van der Waals surface area contributed by atoms with E-state index in [-0.39, 0.29) is 12.1 Å². The van der Waals surface area contributed by atoms with E-state index in [1.807, 2.05) is 13.8 Å². The van der Waals surface area contributed by atoms with E-state index in [0.29, 0.717) is 39.6 Å². The molecule has 1 amide bonds. The number of rotatable bonds is 7. The van der Waals surface area contributed by atoms with Gasteiger partial charge in [-0.25, -0.2) is 9.29 Å². The third-order valence-corrected chi connectivity index (χ3v) is 7.00.